The molecule has 1 aliphatic carbocycles. The molecule has 0 unspecified atom stereocenters. The second-order valence-electron chi connectivity index (χ2n) is 6.89. The van der Waals surface area contributed by atoms with Crippen LogP contribution in [-0.4, -0.2) is 18.3 Å². The van der Waals surface area contributed by atoms with Crippen LogP contribution in [0, 0.1) is 5.92 Å². The second kappa shape index (κ2) is 4.61. The monoisotopic (exact) mass is 278 g/mol. The predicted molar refractivity (Wildman–Crippen MR) is 81.1 cm³/mol. The van der Waals surface area contributed by atoms with Crippen molar-refractivity contribution in [3.05, 3.63) is 17.0 Å². The van der Waals surface area contributed by atoms with Crippen LogP contribution in [0.1, 0.15) is 51.8 Å². The average Bonchev–Trinajstić information content (AvgIpc) is 2.77. The van der Waals surface area contributed by atoms with Crippen molar-refractivity contribution in [3.8, 4) is 0 Å². The van der Waals surface area contributed by atoms with Gasteiger partial charge in [-0.2, -0.15) is 0 Å². The minimum Gasteiger partial charge on any atom is -0.399 e. The highest BCUT2D eigenvalue weighted by atomic mass is 32.1. The highest BCUT2D eigenvalue weighted by molar-refractivity contribution is 7.22. The predicted octanol–water partition coefficient (Wildman–Crippen LogP) is 3.39. The van der Waals surface area contributed by atoms with Crippen molar-refractivity contribution < 1.29 is 9.31 Å². The Morgan fingerprint density at radius 1 is 1.16 bits per heavy atom. The third kappa shape index (κ3) is 2.50. The van der Waals surface area contributed by atoms with Gasteiger partial charge in [0.05, 0.1) is 11.2 Å². The van der Waals surface area contributed by atoms with E-state index in [1.807, 2.05) is 11.3 Å². The molecule has 0 amide bonds. The van der Waals surface area contributed by atoms with Crippen LogP contribution in [0.2, 0.25) is 0 Å². The standard InChI is InChI=1S/C15H23BO2S/c1-14(2)15(3,4)18-16(17-14)13-9-8-12(19-13)10-11-6-5-7-11/h8-9,11H,5-7,10H2,1-4H3. The van der Waals surface area contributed by atoms with Crippen molar-refractivity contribution >= 4 is 23.2 Å². The molecule has 2 aliphatic rings. The smallest absolute Gasteiger partial charge is 0.399 e. The normalized spacial score (nSPS) is 25.6. The number of rotatable bonds is 3. The SMILES string of the molecule is CC1(C)OB(c2ccc(CC3CCC3)s2)OC1(C)C. The van der Waals surface area contributed by atoms with Crippen molar-refractivity contribution in [2.75, 3.05) is 0 Å². The van der Waals surface area contributed by atoms with E-state index in [2.05, 4.69) is 39.8 Å². The van der Waals surface area contributed by atoms with E-state index in [-0.39, 0.29) is 18.3 Å². The molecule has 104 valence electrons. The summed E-state index contributed by atoms with van der Waals surface area (Å²) in [6, 6.07) is 4.43. The summed E-state index contributed by atoms with van der Waals surface area (Å²) >= 11 is 1.86. The first-order chi connectivity index (χ1) is 8.87. The van der Waals surface area contributed by atoms with E-state index in [4.69, 9.17) is 9.31 Å². The first kappa shape index (κ1) is 13.7. The second-order valence-corrected chi connectivity index (χ2v) is 8.09. The van der Waals surface area contributed by atoms with Crippen molar-refractivity contribution in [1.29, 1.82) is 0 Å². The summed E-state index contributed by atoms with van der Waals surface area (Å²) in [4.78, 5) is 1.48. The van der Waals surface area contributed by atoms with Gasteiger partial charge in [0.25, 0.3) is 0 Å². The molecule has 0 N–H and O–H groups in total. The fourth-order valence-corrected chi connectivity index (χ4v) is 3.66. The number of hydrogen-bond acceptors (Lipinski definition) is 3. The average molecular weight is 278 g/mol. The summed E-state index contributed by atoms with van der Waals surface area (Å²) in [5.74, 6) is 0.921. The van der Waals surface area contributed by atoms with E-state index in [1.165, 1.54) is 35.3 Å². The molecule has 1 aromatic rings. The molecule has 2 fully saturated rings. The maximum atomic E-state index is 6.10. The van der Waals surface area contributed by atoms with Crippen LogP contribution in [0.4, 0.5) is 0 Å². The van der Waals surface area contributed by atoms with Gasteiger partial charge < -0.3 is 9.31 Å². The minimum atomic E-state index is -0.240. The van der Waals surface area contributed by atoms with Crippen molar-refractivity contribution in [2.45, 2.75) is 64.6 Å². The molecule has 1 saturated carbocycles. The Morgan fingerprint density at radius 3 is 2.32 bits per heavy atom. The Labute approximate surface area is 120 Å². The molecule has 0 bridgehead atoms. The van der Waals surface area contributed by atoms with E-state index in [0.29, 0.717) is 0 Å². The van der Waals surface area contributed by atoms with E-state index in [0.717, 1.165) is 5.92 Å². The molecule has 1 saturated heterocycles. The molecular weight excluding hydrogens is 255 g/mol. The summed E-state index contributed by atoms with van der Waals surface area (Å²) < 4.78 is 13.4. The molecule has 0 atom stereocenters. The Kier molecular flexibility index (Phi) is 3.31. The molecule has 1 aliphatic heterocycles. The first-order valence-corrected chi connectivity index (χ1v) is 8.13. The lowest BCUT2D eigenvalue weighted by atomic mass is 9.82. The van der Waals surface area contributed by atoms with E-state index in [1.54, 1.807) is 0 Å². The zero-order valence-corrected chi connectivity index (χ0v) is 13.2. The highest BCUT2D eigenvalue weighted by Crippen LogP contribution is 2.37. The lowest BCUT2D eigenvalue weighted by molar-refractivity contribution is 0.00578. The summed E-state index contributed by atoms with van der Waals surface area (Å²) in [6.07, 6.45) is 5.47. The van der Waals surface area contributed by atoms with Gasteiger partial charge in [-0.3, -0.25) is 0 Å². The van der Waals surface area contributed by atoms with E-state index in [9.17, 15) is 0 Å². The van der Waals surface area contributed by atoms with Gasteiger partial charge in [-0.15, -0.1) is 11.3 Å². The fourth-order valence-electron chi connectivity index (χ4n) is 2.57. The van der Waals surface area contributed by atoms with E-state index >= 15 is 0 Å². The van der Waals surface area contributed by atoms with Crippen molar-refractivity contribution in [3.63, 3.8) is 0 Å². The lowest BCUT2D eigenvalue weighted by Crippen LogP contribution is -2.41. The Balaban J connectivity index is 1.70. The zero-order chi connectivity index (χ0) is 13.7. The van der Waals surface area contributed by atoms with Crippen molar-refractivity contribution in [1.82, 2.24) is 0 Å². The Bertz CT molecular complexity index is 446. The van der Waals surface area contributed by atoms with Gasteiger partial charge in [-0.25, -0.2) is 0 Å². The summed E-state index contributed by atoms with van der Waals surface area (Å²) in [6.45, 7) is 8.43. The highest BCUT2D eigenvalue weighted by Gasteiger charge is 2.52. The molecule has 0 aromatic carbocycles. The molecular formula is C15H23BO2S. The first-order valence-electron chi connectivity index (χ1n) is 7.32. The van der Waals surface area contributed by atoms with Crippen LogP contribution in [0.25, 0.3) is 0 Å². The van der Waals surface area contributed by atoms with Gasteiger partial charge >= 0.3 is 7.12 Å². The third-order valence-corrected chi connectivity index (χ3v) is 6.01. The van der Waals surface area contributed by atoms with Gasteiger partial charge in [0.1, 0.15) is 0 Å². The van der Waals surface area contributed by atoms with Crippen LogP contribution >= 0.6 is 11.3 Å². The summed E-state index contributed by atoms with van der Waals surface area (Å²) in [5.41, 5.74) is -0.481. The van der Waals surface area contributed by atoms with Gasteiger partial charge in [0.2, 0.25) is 0 Å². The molecule has 1 aromatic heterocycles. The molecule has 19 heavy (non-hydrogen) atoms. The maximum absolute atomic E-state index is 6.10. The lowest BCUT2D eigenvalue weighted by Gasteiger charge is -2.32. The summed E-state index contributed by atoms with van der Waals surface area (Å²) in [5, 5.41) is 0. The molecule has 3 rings (SSSR count). The van der Waals surface area contributed by atoms with Gasteiger partial charge in [0, 0.05) is 9.65 Å². The quantitative estimate of drug-likeness (QED) is 0.789. The maximum Gasteiger partial charge on any atom is 0.505 e. The van der Waals surface area contributed by atoms with E-state index < -0.39 is 0 Å². The Hall–Kier alpha value is -0.315. The van der Waals surface area contributed by atoms with Crippen LogP contribution in [0.5, 0.6) is 0 Å². The van der Waals surface area contributed by atoms with Crippen LogP contribution in [0.3, 0.4) is 0 Å². The molecule has 2 nitrogen and oxygen atoms in total. The minimum absolute atomic E-state index is 0.190. The number of hydrogen-bond donors (Lipinski definition) is 0. The van der Waals surface area contributed by atoms with Crippen LogP contribution < -0.4 is 4.78 Å². The summed E-state index contributed by atoms with van der Waals surface area (Å²) in [7, 11) is -0.190. The topological polar surface area (TPSA) is 18.5 Å². The largest absolute Gasteiger partial charge is 0.505 e. The number of thiophene rings is 1. The van der Waals surface area contributed by atoms with Crippen molar-refractivity contribution in [2.24, 2.45) is 5.92 Å². The Morgan fingerprint density at radius 2 is 1.79 bits per heavy atom. The van der Waals surface area contributed by atoms with Gasteiger partial charge in [-0.1, -0.05) is 25.3 Å². The zero-order valence-electron chi connectivity index (χ0n) is 12.4. The third-order valence-electron chi connectivity index (χ3n) is 4.88. The van der Waals surface area contributed by atoms with Crippen LogP contribution in [0.15, 0.2) is 12.1 Å². The fraction of sp³-hybridized carbons (Fsp3) is 0.733. The van der Waals surface area contributed by atoms with Gasteiger partial charge in [-0.05, 0) is 46.1 Å². The molecule has 4 heteroatoms. The van der Waals surface area contributed by atoms with Gasteiger partial charge in [0.15, 0.2) is 0 Å². The van der Waals surface area contributed by atoms with Crippen LogP contribution in [-0.2, 0) is 15.7 Å². The molecule has 2 heterocycles. The molecule has 0 radical (unpaired) electrons. The molecule has 0 spiro atoms.